The maximum atomic E-state index is 11.4. The molecule has 0 heterocycles. The summed E-state index contributed by atoms with van der Waals surface area (Å²) in [7, 11) is 0. The molecule has 0 unspecified atom stereocenters. The lowest BCUT2D eigenvalue weighted by Gasteiger charge is -2.06. The van der Waals surface area contributed by atoms with Gasteiger partial charge in [-0.05, 0) is 12.1 Å². The zero-order valence-electron chi connectivity index (χ0n) is 9.15. The van der Waals surface area contributed by atoms with Crippen molar-refractivity contribution >= 4 is 34.6 Å². The van der Waals surface area contributed by atoms with Crippen molar-refractivity contribution in [2.45, 2.75) is 0 Å². The molecule has 0 atom stereocenters. The normalized spacial score (nSPS) is 10.2. The van der Waals surface area contributed by atoms with Crippen LogP contribution in [0.25, 0.3) is 0 Å². The van der Waals surface area contributed by atoms with Crippen molar-refractivity contribution in [3.63, 3.8) is 0 Å². The zero-order valence-corrected chi connectivity index (χ0v) is 9.91. The highest BCUT2D eigenvalue weighted by atomic mass is 35.5. The lowest BCUT2D eigenvalue weighted by atomic mass is 10.2. The third kappa shape index (κ3) is 4.58. The monoisotopic (exact) mass is 260 g/mol. The Balaban J connectivity index is 2.51. The van der Waals surface area contributed by atoms with E-state index in [0.717, 1.165) is 5.48 Å². The minimum atomic E-state index is -0.282. The van der Waals surface area contributed by atoms with Gasteiger partial charge in [-0.1, -0.05) is 0 Å². The van der Waals surface area contributed by atoms with Crippen LogP contribution in [0.1, 0.15) is 0 Å². The Bertz CT molecular complexity index is 387. The topological polar surface area (TPSA) is 101 Å². The van der Waals surface area contributed by atoms with E-state index >= 15 is 0 Å². The minimum absolute atomic E-state index is 0.0551. The van der Waals surface area contributed by atoms with E-state index in [1.165, 1.54) is 0 Å². The predicted octanol–water partition coefficient (Wildman–Crippen LogP) is 0.0468. The summed E-state index contributed by atoms with van der Waals surface area (Å²) in [6.45, 7) is 0.274. The quantitative estimate of drug-likeness (QED) is 0.251. The lowest BCUT2D eigenvalue weighted by Crippen LogP contribution is -2.73. The fraction of sp³-hybridized carbons (Fsp3) is 0.300. The second-order valence-electron chi connectivity index (χ2n) is 3.26. The summed E-state index contributed by atoms with van der Waals surface area (Å²) >= 11 is 5.40. The third-order valence-electron chi connectivity index (χ3n) is 1.96. The fourth-order valence-corrected chi connectivity index (χ4v) is 1.30. The smallest absolute Gasteiger partial charge is 0.250 e. The van der Waals surface area contributed by atoms with Crippen LogP contribution in [0.4, 0.5) is 17.1 Å². The van der Waals surface area contributed by atoms with Gasteiger partial charge in [0.1, 0.15) is 6.61 Å². The van der Waals surface area contributed by atoms with Gasteiger partial charge in [0, 0.05) is 17.6 Å². The number of nitrogens with one attached hydrogen (secondary N) is 1. The molecule has 0 aliphatic rings. The highest BCUT2D eigenvalue weighted by Crippen LogP contribution is 2.18. The summed E-state index contributed by atoms with van der Waals surface area (Å²) in [5.74, 6) is 0.0663. The van der Waals surface area contributed by atoms with Crippen LogP contribution in [0.2, 0.25) is 0 Å². The van der Waals surface area contributed by atoms with Gasteiger partial charge in [-0.25, -0.2) is 5.21 Å². The molecule has 0 fully saturated rings. The van der Waals surface area contributed by atoms with Crippen molar-refractivity contribution in [3.05, 3.63) is 18.2 Å². The molecule has 1 rings (SSSR count). The van der Waals surface area contributed by atoms with E-state index in [1.54, 1.807) is 18.2 Å². The van der Waals surface area contributed by atoms with Crippen molar-refractivity contribution in [2.24, 2.45) is 0 Å². The molecular formula is C10H15ClN3O3+. The van der Waals surface area contributed by atoms with E-state index in [1.807, 2.05) is 0 Å². The van der Waals surface area contributed by atoms with Crippen LogP contribution in [0.3, 0.4) is 0 Å². The van der Waals surface area contributed by atoms with Crippen LogP contribution in [-0.4, -0.2) is 30.2 Å². The van der Waals surface area contributed by atoms with Crippen LogP contribution >= 0.6 is 11.6 Å². The number of nitrogens with two attached hydrogens (primary N) is 2. The van der Waals surface area contributed by atoms with Crippen LogP contribution in [0.15, 0.2) is 18.2 Å². The number of rotatable bonds is 6. The minimum Gasteiger partial charge on any atom is -0.394 e. The van der Waals surface area contributed by atoms with Crippen molar-refractivity contribution in [3.8, 4) is 0 Å². The van der Waals surface area contributed by atoms with Crippen LogP contribution in [0.5, 0.6) is 0 Å². The van der Waals surface area contributed by atoms with Gasteiger partial charge in [-0.15, -0.1) is 11.6 Å². The Hall–Kier alpha value is -1.34. The highest BCUT2D eigenvalue weighted by molar-refractivity contribution is 6.18. The molecule has 1 amide bonds. The number of alkyl halides is 1. The van der Waals surface area contributed by atoms with Crippen molar-refractivity contribution < 1.29 is 20.2 Å². The molecule has 0 bridgehead atoms. The average molecular weight is 261 g/mol. The highest BCUT2D eigenvalue weighted by Gasteiger charge is 2.06. The van der Waals surface area contributed by atoms with Crippen LogP contribution in [0, 0.1) is 0 Å². The van der Waals surface area contributed by atoms with Gasteiger partial charge in [0.2, 0.25) is 5.91 Å². The predicted molar refractivity (Wildman–Crippen MR) is 64.4 cm³/mol. The van der Waals surface area contributed by atoms with Gasteiger partial charge in [0.25, 0.3) is 0 Å². The second kappa shape index (κ2) is 7.08. The van der Waals surface area contributed by atoms with E-state index in [-0.39, 0.29) is 12.5 Å². The molecule has 0 aliphatic heterocycles. The number of hydrogen-bond donors (Lipinski definition) is 4. The molecule has 0 saturated carbocycles. The summed E-state index contributed by atoms with van der Waals surface area (Å²) in [6.07, 6.45) is 0. The Kier molecular flexibility index (Phi) is 5.71. The first-order valence-electron chi connectivity index (χ1n) is 4.98. The molecule has 1 aromatic carbocycles. The van der Waals surface area contributed by atoms with Gasteiger partial charge >= 0.3 is 0 Å². The number of carbonyl (C=O) groups excluding carboxylic acids is 1. The number of hydrogen-bond acceptors (Lipinski definition) is 4. The van der Waals surface area contributed by atoms with E-state index in [4.69, 9.17) is 27.3 Å². The summed E-state index contributed by atoms with van der Waals surface area (Å²) in [4.78, 5) is 11.4. The summed E-state index contributed by atoms with van der Waals surface area (Å²) in [5, 5.41) is 11.4. The first-order chi connectivity index (χ1) is 8.17. The van der Waals surface area contributed by atoms with E-state index in [2.05, 4.69) is 5.32 Å². The number of quaternary nitrogens is 1. The number of benzene rings is 1. The van der Waals surface area contributed by atoms with Gasteiger partial charge in [-0.3, -0.25) is 4.79 Å². The molecule has 17 heavy (non-hydrogen) atoms. The largest absolute Gasteiger partial charge is 0.394 e. The molecule has 0 aromatic heterocycles. The second-order valence-corrected chi connectivity index (χ2v) is 3.64. The number of halogens is 1. The number of nitrogen functional groups attached to an aromatic ring is 1. The number of carbonyl (C=O) groups is 1. The summed E-state index contributed by atoms with van der Waals surface area (Å²) in [5.41, 5.74) is 7.98. The van der Waals surface area contributed by atoms with Crippen molar-refractivity contribution in [1.29, 1.82) is 0 Å². The summed E-state index contributed by atoms with van der Waals surface area (Å²) < 4.78 is 4.97. The SMILES string of the molecule is Nc1cc(NC(=O)COCCCl)ccc1[NH2+]O. The standard InChI is InChI=1S/C10H14ClN3O3/c11-3-4-17-6-10(15)13-7-1-2-9(14-16)8(12)5-7/h1-2,5,14,16H,3-4,6,12H2,(H,13,15)/p+1. The van der Waals surface area contributed by atoms with Gasteiger partial charge in [0.05, 0.1) is 12.3 Å². The zero-order chi connectivity index (χ0) is 12.7. The molecule has 0 aliphatic carbocycles. The molecule has 94 valence electrons. The summed E-state index contributed by atoms with van der Waals surface area (Å²) in [6, 6.07) is 4.80. The Morgan fingerprint density at radius 3 is 2.94 bits per heavy atom. The average Bonchev–Trinajstić information content (AvgIpc) is 2.29. The molecule has 0 radical (unpaired) electrons. The molecular weight excluding hydrogens is 246 g/mol. The third-order valence-corrected chi connectivity index (χ3v) is 2.12. The maximum absolute atomic E-state index is 11.4. The molecule has 0 spiro atoms. The Labute approximate surface area is 104 Å². The molecule has 0 saturated heterocycles. The van der Waals surface area contributed by atoms with Crippen molar-refractivity contribution in [1.82, 2.24) is 0 Å². The van der Waals surface area contributed by atoms with E-state index < -0.39 is 0 Å². The van der Waals surface area contributed by atoms with Gasteiger partial charge < -0.3 is 15.8 Å². The Morgan fingerprint density at radius 2 is 2.35 bits per heavy atom. The van der Waals surface area contributed by atoms with Crippen LogP contribution < -0.4 is 16.5 Å². The first-order valence-corrected chi connectivity index (χ1v) is 5.51. The number of ether oxygens (including phenoxy) is 1. The molecule has 6 nitrogen and oxygen atoms in total. The van der Waals surface area contributed by atoms with Crippen LogP contribution in [-0.2, 0) is 9.53 Å². The van der Waals surface area contributed by atoms with Gasteiger partial charge in [-0.2, -0.15) is 5.48 Å². The molecule has 7 heteroatoms. The Morgan fingerprint density at radius 1 is 1.59 bits per heavy atom. The number of anilines is 2. The first kappa shape index (κ1) is 13.7. The fourth-order valence-electron chi connectivity index (χ4n) is 1.19. The molecule has 1 aromatic rings. The maximum Gasteiger partial charge on any atom is 0.250 e. The number of amides is 1. The van der Waals surface area contributed by atoms with Crippen molar-refractivity contribution in [2.75, 3.05) is 30.1 Å². The van der Waals surface area contributed by atoms with E-state index in [0.29, 0.717) is 29.5 Å². The molecule has 6 N–H and O–H groups in total. The van der Waals surface area contributed by atoms with Gasteiger partial charge in [0.15, 0.2) is 5.69 Å². The van der Waals surface area contributed by atoms with E-state index in [9.17, 15) is 4.79 Å². The lowest BCUT2D eigenvalue weighted by molar-refractivity contribution is -0.825.